The third-order valence-electron chi connectivity index (χ3n) is 12.9. The van der Waals surface area contributed by atoms with Gasteiger partial charge in [0.15, 0.2) is 0 Å². The van der Waals surface area contributed by atoms with Gasteiger partial charge in [0.25, 0.3) is 0 Å². The molecule has 0 saturated heterocycles. The molecule has 3 fully saturated rings. The van der Waals surface area contributed by atoms with Crippen molar-refractivity contribution in [3.8, 4) is 0 Å². The summed E-state index contributed by atoms with van der Waals surface area (Å²) in [6.07, 6.45) is 17.8. The number of carbonyl (C=O) groups is 1. The van der Waals surface area contributed by atoms with E-state index in [0.29, 0.717) is 58.2 Å². The Balaban J connectivity index is 1.05. The number of unbranched alkanes of at least 4 members (excludes halogenated alkanes) is 2. The van der Waals surface area contributed by atoms with E-state index in [0.717, 1.165) is 55.3 Å². The van der Waals surface area contributed by atoms with Gasteiger partial charge in [-0.25, -0.2) is 4.79 Å². The molecule has 0 aromatic heterocycles. The molecule has 0 spiro atoms. The fraction of sp³-hybridized carbons (Fsp3) is 0.925. The number of aliphatic hydroxyl groups is 1. The molecule has 0 heterocycles. The van der Waals surface area contributed by atoms with Gasteiger partial charge in [0.2, 0.25) is 0 Å². The van der Waals surface area contributed by atoms with Gasteiger partial charge in [0.1, 0.15) is 12.2 Å². The van der Waals surface area contributed by atoms with E-state index in [1.165, 1.54) is 57.8 Å². The van der Waals surface area contributed by atoms with Crippen LogP contribution >= 0.6 is 0 Å². The molecule has 49 heavy (non-hydrogen) atoms. The minimum atomic E-state index is -0.609. The molecule has 0 radical (unpaired) electrons. The third kappa shape index (κ3) is 11.4. The van der Waals surface area contributed by atoms with Gasteiger partial charge in [-0.2, -0.15) is 0 Å². The van der Waals surface area contributed by atoms with Crippen molar-refractivity contribution in [2.75, 3.05) is 73.1 Å². The second-order valence-corrected chi connectivity index (χ2v) is 16.0. The van der Waals surface area contributed by atoms with E-state index in [4.69, 9.17) is 28.4 Å². The first kappa shape index (κ1) is 40.5. The Kier molecular flexibility index (Phi) is 17.1. The van der Waals surface area contributed by atoms with E-state index >= 15 is 0 Å². The smallest absolute Gasteiger partial charge is 0.407 e. The molecule has 1 amide bonds. The molecule has 0 aliphatic heterocycles. The predicted octanol–water partition coefficient (Wildman–Crippen LogP) is 7.34. The molecule has 2 N–H and O–H groups in total. The molecule has 0 aromatic rings. The monoisotopic (exact) mass is 694 g/mol. The highest BCUT2D eigenvalue weighted by atomic mass is 16.6. The zero-order chi connectivity index (χ0) is 35.1. The summed E-state index contributed by atoms with van der Waals surface area (Å²) in [6.45, 7) is 14.5. The zero-order valence-corrected chi connectivity index (χ0v) is 31.7. The van der Waals surface area contributed by atoms with Gasteiger partial charge in [0, 0.05) is 26.7 Å². The van der Waals surface area contributed by atoms with Crippen LogP contribution in [0.2, 0.25) is 0 Å². The van der Waals surface area contributed by atoms with Crippen LogP contribution in [0.25, 0.3) is 0 Å². The van der Waals surface area contributed by atoms with Crippen LogP contribution in [0.4, 0.5) is 4.79 Å². The molecule has 9 heteroatoms. The summed E-state index contributed by atoms with van der Waals surface area (Å²) in [4.78, 5) is 12.6. The normalized spacial score (nSPS) is 32.0. The average Bonchev–Trinajstić information content (AvgIpc) is 3.44. The molecule has 4 aliphatic carbocycles. The van der Waals surface area contributed by atoms with Gasteiger partial charge < -0.3 is 38.8 Å². The molecule has 0 aromatic carbocycles. The maximum absolute atomic E-state index is 12.6. The summed E-state index contributed by atoms with van der Waals surface area (Å²) in [5.74, 6) is 4.25. The Bertz CT molecular complexity index is 993. The second-order valence-electron chi connectivity index (χ2n) is 16.0. The van der Waals surface area contributed by atoms with Gasteiger partial charge in [0.05, 0.1) is 52.9 Å². The van der Waals surface area contributed by atoms with Crippen LogP contribution < -0.4 is 5.32 Å². The van der Waals surface area contributed by atoms with E-state index in [1.54, 1.807) is 12.7 Å². The lowest BCUT2D eigenvalue weighted by Gasteiger charge is -2.58. The molecule has 9 unspecified atom stereocenters. The van der Waals surface area contributed by atoms with Crippen LogP contribution in [0.1, 0.15) is 111 Å². The lowest BCUT2D eigenvalue weighted by Crippen LogP contribution is -2.51. The van der Waals surface area contributed by atoms with Gasteiger partial charge in [-0.05, 0) is 91.8 Å². The minimum Gasteiger partial charge on any atom is -0.446 e. The number of aliphatic hydroxyl groups excluding tert-OH is 1. The molecule has 0 bridgehead atoms. The second kappa shape index (κ2) is 20.7. The molecule has 4 rings (SSSR count). The fourth-order valence-electron chi connectivity index (χ4n) is 10.3. The van der Waals surface area contributed by atoms with Crippen molar-refractivity contribution in [2.24, 2.45) is 40.4 Å². The van der Waals surface area contributed by atoms with E-state index in [1.807, 2.05) is 0 Å². The van der Waals surface area contributed by atoms with E-state index < -0.39 is 6.10 Å². The van der Waals surface area contributed by atoms with Gasteiger partial charge in [-0.3, -0.25) is 0 Å². The quantitative estimate of drug-likeness (QED) is 0.0847. The van der Waals surface area contributed by atoms with Crippen molar-refractivity contribution in [3.63, 3.8) is 0 Å². The highest BCUT2D eigenvalue weighted by Gasteiger charge is 2.59. The number of carbonyl (C=O) groups excluding carboxylic acids is 1. The SMILES string of the molecule is CCCCCC(C)C1CCC2C3CC=C4CC(OC(=O)NCCCOCCOCCOCCOCC(O)COC)CCC4(C)C3CCC12C. The largest absolute Gasteiger partial charge is 0.446 e. The third-order valence-corrected chi connectivity index (χ3v) is 12.9. The van der Waals surface area contributed by atoms with Crippen LogP contribution in [0.3, 0.4) is 0 Å². The van der Waals surface area contributed by atoms with E-state index in [9.17, 15) is 9.90 Å². The first-order valence-corrected chi connectivity index (χ1v) is 19.8. The predicted molar refractivity (Wildman–Crippen MR) is 193 cm³/mol. The van der Waals surface area contributed by atoms with Crippen LogP contribution in [0, 0.1) is 40.4 Å². The average molecular weight is 694 g/mol. The Morgan fingerprint density at radius 3 is 2.33 bits per heavy atom. The van der Waals surface area contributed by atoms with Crippen molar-refractivity contribution < 1.29 is 38.3 Å². The molecular weight excluding hydrogens is 622 g/mol. The van der Waals surface area contributed by atoms with E-state index in [2.05, 4.69) is 39.1 Å². The summed E-state index contributed by atoms with van der Waals surface area (Å²) in [5, 5.41) is 12.4. The number of alkyl carbamates (subject to hydrolysis) is 1. The first-order chi connectivity index (χ1) is 23.7. The van der Waals surface area contributed by atoms with Crippen LogP contribution in [-0.4, -0.2) is 96.5 Å². The van der Waals surface area contributed by atoms with Gasteiger partial charge in [-0.1, -0.05) is 65.0 Å². The Labute approximate surface area is 297 Å². The number of allylic oxidation sites excluding steroid dienone is 1. The number of amides is 1. The maximum Gasteiger partial charge on any atom is 0.407 e. The van der Waals surface area contributed by atoms with Crippen molar-refractivity contribution in [1.29, 1.82) is 0 Å². The van der Waals surface area contributed by atoms with Crippen LogP contribution in [0.5, 0.6) is 0 Å². The number of rotatable bonds is 23. The van der Waals surface area contributed by atoms with Crippen LogP contribution in [-0.2, 0) is 28.4 Å². The standard InChI is InChI=1S/C40H71NO8/c1-6-7-8-10-30(2)35-13-14-36-34-12-11-31-27-33(15-17-39(31,3)37(34)16-18-40(35,36)4)49-38(43)41-19-9-20-45-21-22-46-23-24-47-25-26-48-29-32(42)28-44-5/h11,30,32-37,42H,6-10,12-29H2,1-5H3,(H,41,43). The van der Waals surface area contributed by atoms with Crippen molar-refractivity contribution in [3.05, 3.63) is 11.6 Å². The highest BCUT2D eigenvalue weighted by Crippen LogP contribution is 2.67. The number of hydrogen-bond donors (Lipinski definition) is 2. The number of nitrogens with one attached hydrogen (secondary N) is 1. The van der Waals surface area contributed by atoms with Gasteiger partial charge >= 0.3 is 6.09 Å². The van der Waals surface area contributed by atoms with E-state index in [-0.39, 0.29) is 30.8 Å². The van der Waals surface area contributed by atoms with Crippen molar-refractivity contribution >= 4 is 6.09 Å². The van der Waals surface area contributed by atoms with Crippen molar-refractivity contribution in [2.45, 2.75) is 123 Å². The molecular formula is C40H71NO8. The Hall–Kier alpha value is -1.23. The lowest BCUT2D eigenvalue weighted by molar-refractivity contribution is -0.0581. The number of ether oxygens (including phenoxy) is 6. The summed E-state index contributed by atoms with van der Waals surface area (Å²) in [7, 11) is 1.54. The minimum absolute atomic E-state index is 0.0248. The zero-order valence-electron chi connectivity index (χ0n) is 31.7. The Morgan fingerprint density at radius 2 is 1.61 bits per heavy atom. The Morgan fingerprint density at radius 1 is 0.898 bits per heavy atom. The summed E-state index contributed by atoms with van der Waals surface area (Å²) in [5.41, 5.74) is 2.36. The maximum atomic E-state index is 12.6. The summed E-state index contributed by atoms with van der Waals surface area (Å²) >= 11 is 0. The first-order valence-electron chi connectivity index (χ1n) is 19.8. The topological polar surface area (TPSA) is 105 Å². The van der Waals surface area contributed by atoms with Gasteiger partial charge in [-0.15, -0.1) is 0 Å². The molecule has 9 nitrogen and oxygen atoms in total. The molecule has 284 valence electrons. The van der Waals surface area contributed by atoms with Crippen molar-refractivity contribution in [1.82, 2.24) is 5.32 Å². The number of hydrogen-bond acceptors (Lipinski definition) is 8. The molecule has 3 saturated carbocycles. The number of methoxy groups -OCH3 is 1. The fourth-order valence-corrected chi connectivity index (χ4v) is 10.3. The molecule has 4 aliphatic rings. The summed E-state index contributed by atoms with van der Waals surface area (Å²) < 4.78 is 32.7. The lowest BCUT2D eigenvalue weighted by atomic mass is 9.47. The molecule has 9 atom stereocenters. The highest BCUT2D eigenvalue weighted by molar-refractivity contribution is 5.67. The summed E-state index contributed by atoms with van der Waals surface area (Å²) in [6, 6.07) is 0. The van der Waals surface area contributed by atoms with Crippen LogP contribution in [0.15, 0.2) is 11.6 Å². The number of fused-ring (bicyclic) bond motifs is 5.